The summed E-state index contributed by atoms with van der Waals surface area (Å²) in [6.45, 7) is 4.85. The summed E-state index contributed by atoms with van der Waals surface area (Å²) >= 11 is 0. The van der Waals surface area contributed by atoms with E-state index in [9.17, 15) is 24.0 Å². The van der Waals surface area contributed by atoms with Crippen LogP contribution in [-0.2, 0) is 14.3 Å². The highest BCUT2D eigenvalue weighted by Gasteiger charge is 2.63. The quantitative estimate of drug-likeness (QED) is 0.682. The Kier molecular flexibility index (Phi) is 4.27. The van der Waals surface area contributed by atoms with E-state index < -0.39 is 46.8 Å². The molecule has 2 heterocycles. The van der Waals surface area contributed by atoms with Gasteiger partial charge < -0.3 is 9.47 Å². The molecule has 0 N–H and O–H groups in total. The van der Waals surface area contributed by atoms with E-state index >= 15 is 0 Å². The van der Waals surface area contributed by atoms with Crippen molar-refractivity contribution in [2.24, 2.45) is 5.41 Å². The molecule has 2 aliphatic heterocycles. The third-order valence-corrected chi connectivity index (χ3v) is 5.62. The van der Waals surface area contributed by atoms with Crippen LogP contribution in [0.5, 0.6) is 5.75 Å². The number of hydrogen-bond acceptors (Lipinski definition) is 7. The molecule has 1 unspecified atom stereocenters. The normalized spacial score (nSPS) is 22.5. The number of carbonyl (C=O) groups is 5. The minimum absolute atomic E-state index is 0.00223. The Hall–Kier alpha value is -3.23. The van der Waals surface area contributed by atoms with Crippen LogP contribution >= 0.6 is 0 Å². The van der Waals surface area contributed by atoms with Crippen molar-refractivity contribution in [2.45, 2.75) is 51.7 Å². The van der Waals surface area contributed by atoms with Crippen molar-refractivity contribution in [3.8, 4) is 5.75 Å². The van der Waals surface area contributed by atoms with Crippen LogP contribution in [0.2, 0.25) is 0 Å². The molecule has 1 aromatic rings. The van der Waals surface area contributed by atoms with Gasteiger partial charge in [0.25, 0.3) is 17.7 Å². The third-order valence-electron chi connectivity index (χ3n) is 5.62. The van der Waals surface area contributed by atoms with Crippen molar-refractivity contribution in [2.75, 3.05) is 7.11 Å². The van der Waals surface area contributed by atoms with E-state index in [0.29, 0.717) is 17.7 Å². The molecule has 3 aliphatic rings. The van der Waals surface area contributed by atoms with Gasteiger partial charge in [0.05, 0.1) is 23.7 Å². The smallest absolute Gasteiger partial charge is 0.424 e. The molecule has 9 heteroatoms. The van der Waals surface area contributed by atoms with Gasteiger partial charge in [-0.2, -0.15) is 4.90 Å². The molecule has 1 aromatic carbocycles. The van der Waals surface area contributed by atoms with Crippen LogP contribution in [0, 0.1) is 5.41 Å². The van der Waals surface area contributed by atoms with Crippen molar-refractivity contribution >= 4 is 29.7 Å². The number of carbonyl (C=O) groups excluding carboxylic acids is 5. The summed E-state index contributed by atoms with van der Waals surface area (Å²) in [4.78, 5) is 66.2. The molecule has 9 nitrogen and oxygen atoms in total. The van der Waals surface area contributed by atoms with Crippen molar-refractivity contribution in [1.82, 2.24) is 9.80 Å². The number of piperidine rings is 1. The monoisotopic (exact) mass is 414 g/mol. The Balaban J connectivity index is 1.72. The number of likely N-dealkylation sites (tertiary alicyclic amines) is 1. The lowest BCUT2D eigenvalue weighted by molar-refractivity contribution is -0.155. The first kappa shape index (κ1) is 20.1. The number of ether oxygens (including phenoxy) is 2. The molecule has 1 aliphatic carbocycles. The van der Waals surface area contributed by atoms with Gasteiger partial charge in [-0.25, -0.2) is 4.79 Å². The van der Waals surface area contributed by atoms with Crippen LogP contribution in [-0.4, -0.2) is 58.3 Å². The highest BCUT2D eigenvalue weighted by atomic mass is 16.6. The van der Waals surface area contributed by atoms with Crippen LogP contribution in [0.4, 0.5) is 4.79 Å². The van der Waals surface area contributed by atoms with Crippen molar-refractivity contribution in [3.05, 3.63) is 29.3 Å². The molecular weight excluding hydrogens is 392 g/mol. The van der Waals surface area contributed by atoms with E-state index in [4.69, 9.17) is 9.47 Å². The fourth-order valence-electron chi connectivity index (χ4n) is 4.01. The number of benzene rings is 1. The summed E-state index contributed by atoms with van der Waals surface area (Å²) in [5, 5.41) is 0. The summed E-state index contributed by atoms with van der Waals surface area (Å²) < 4.78 is 10.4. The molecule has 1 spiro atoms. The first-order chi connectivity index (χ1) is 14.0. The van der Waals surface area contributed by atoms with Gasteiger partial charge in [0.15, 0.2) is 0 Å². The zero-order valence-electron chi connectivity index (χ0n) is 17.2. The maximum Gasteiger partial charge on any atom is 0.424 e. The highest BCUT2D eigenvalue weighted by Crippen LogP contribution is 2.54. The van der Waals surface area contributed by atoms with Crippen molar-refractivity contribution in [1.29, 1.82) is 0 Å². The molecule has 2 fully saturated rings. The number of hydrogen-bond donors (Lipinski definition) is 0. The van der Waals surface area contributed by atoms with Crippen LogP contribution in [0.3, 0.4) is 0 Å². The Morgan fingerprint density at radius 3 is 2.33 bits per heavy atom. The summed E-state index contributed by atoms with van der Waals surface area (Å²) in [6, 6.07) is 3.34. The van der Waals surface area contributed by atoms with E-state index in [2.05, 4.69) is 0 Å². The number of imide groups is 4. The molecule has 158 valence electrons. The summed E-state index contributed by atoms with van der Waals surface area (Å²) in [5.74, 6) is -2.67. The number of methoxy groups -OCH3 is 1. The first-order valence-electron chi connectivity index (χ1n) is 9.67. The highest BCUT2D eigenvalue weighted by molar-refractivity contribution is 6.25. The lowest BCUT2D eigenvalue weighted by Gasteiger charge is -2.38. The molecule has 0 bridgehead atoms. The molecule has 0 radical (unpaired) electrons. The van der Waals surface area contributed by atoms with E-state index in [0.717, 1.165) is 4.90 Å². The first-order valence-corrected chi connectivity index (χ1v) is 9.67. The summed E-state index contributed by atoms with van der Waals surface area (Å²) in [7, 11) is 1.38. The predicted molar refractivity (Wildman–Crippen MR) is 102 cm³/mol. The molecular formula is C21H22N2O7. The summed E-state index contributed by atoms with van der Waals surface area (Å²) in [5.41, 5.74) is -1.67. The van der Waals surface area contributed by atoms with Gasteiger partial charge >= 0.3 is 6.09 Å². The van der Waals surface area contributed by atoms with Crippen molar-refractivity contribution < 1.29 is 33.4 Å². The van der Waals surface area contributed by atoms with Gasteiger partial charge in [-0.3, -0.25) is 24.1 Å². The van der Waals surface area contributed by atoms with E-state index in [1.54, 1.807) is 32.9 Å². The average molecular weight is 414 g/mol. The minimum atomic E-state index is -1.27. The SMILES string of the molecule is COc1cccc2c1C(=O)N(C1CC3(CC3)C(=O)N(C(=O)OC(C)(C)C)C1=O)C2=O. The predicted octanol–water partition coefficient (Wildman–Crippen LogP) is 2.13. The second kappa shape index (κ2) is 6.38. The molecule has 5 amide bonds. The average Bonchev–Trinajstić information content (AvgIpc) is 3.39. The molecule has 1 saturated heterocycles. The largest absolute Gasteiger partial charge is 0.496 e. The van der Waals surface area contributed by atoms with E-state index in [1.165, 1.54) is 13.2 Å². The molecule has 4 rings (SSSR count). The number of amides is 5. The van der Waals surface area contributed by atoms with Gasteiger partial charge in [-0.1, -0.05) is 6.07 Å². The van der Waals surface area contributed by atoms with Gasteiger partial charge in [-0.15, -0.1) is 0 Å². The Bertz CT molecular complexity index is 1000. The molecule has 30 heavy (non-hydrogen) atoms. The van der Waals surface area contributed by atoms with Gasteiger partial charge in [0, 0.05) is 0 Å². The van der Waals surface area contributed by atoms with Gasteiger partial charge in [0.2, 0.25) is 5.91 Å². The number of fused-ring (bicyclic) bond motifs is 1. The van der Waals surface area contributed by atoms with Gasteiger partial charge in [0.1, 0.15) is 17.4 Å². The van der Waals surface area contributed by atoms with Crippen LogP contribution in [0.25, 0.3) is 0 Å². The zero-order chi connectivity index (χ0) is 22.0. The van der Waals surface area contributed by atoms with Crippen molar-refractivity contribution in [3.63, 3.8) is 0 Å². The zero-order valence-corrected chi connectivity index (χ0v) is 17.2. The second-order valence-electron chi connectivity index (χ2n) is 8.82. The topological polar surface area (TPSA) is 110 Å². The minimum Gasteiger partial charge on any atom is -0.496 e. The Labute approximate surface area is 172 Å². The number of rotatable bonds is 2. The van der Waals surface area contributed by atoms with Crippen LogP contribution in [0.1, 0.15) is 60.7 Å². The molecule has 1 saturated carbocycles. The maximum atomic E-state index is 13.2. The molecule has 1 atom stereocenters. The van der Waals surface area contributed by atoms with E-state index in [1.807, 2.05) is 0 Å². The fraction of sp³-hybridized carbons (Fsp3) is 0.476. The Morgan fingerprint density at radius 1 is 1.10 bits per heavy atom. The molecule has 0 aromatic heterocycles. The maximum absolute atomic E-state index is 13.2. The lowest BCUT2D eigenvalue weighted by atomic mass is 9.89. The standard InChI is InChI=1S/C21H22N2O7/c1-20(2,3)30-19(28)23-16(25)12(10-21(8-9-21)18(23)27)22-15(24)11-6-5-7-13(29-4)14(11)17(22)26/h5-7,12H,8-10H2,1-4H3. The summed E-state index contributed by atoms with van der Waals surface area (Å²) in [6.07, 6.45) is -0.150. The number of nitrogens with zero attached hydrogens (tertiary/aromatic N) is 2. The fourth-order valence-corrected chi connectivity index (χ4v) is 4.01. The Morgan fingerprint density at radius 2 is 1.77 bits per heavy atom. The lowest BCUT2D eigenvalue weighted by Crippen LogP contribution is -2.61. The third kappa shape index (κ3) is 2.88. The second-order valence-corrected chi connectivity index (χ2v) is 8.82. The van der Waals surface area contributed by atoms with Crippen LogP contribution < -0.4 is 4.74 Å². The van der Waals surface area contributed by atoms with Crippen LogP contribution in [0.15, 0.2) is 18.2 Å². The van der Waals surface area contributed by atoms with E-state index in [-0.39, 0.29) is 23.3 Å². The van der Waals surface area contributed by atoms with Gasteiger partial charge in [-0.05, 0) is 52.2 Å².